The molecule has 3 aromatic carbocycles. The van der Waals surface area contributed by atoms with Crippen LogP contribution in [0.5, 0.6) is 5.75 Å². The Kier molecular flexibility index (Phi) is 8.07. The SMILES string of the molecule is O=c1c2cc(Br)ccc2nc(C2CCCCC2)n1N=Cc1cc(Cl)c(OCc2cccc(F)c2)c(Br)c1. The molecule has 1 aliphatic rings. The summed E-state index contributed by atoms with van der Waals surface area (Å²) in [7, 11) is 0. The smallest absolute Gasteiger partial charge is 0.282 e. The average Bonchev–Trinajstić information content (AvgIpc) is 2.88. The van der Waals surface area contributed by atoms with Gasteiger partial charge in [0.2, 0.25) is 0 Å². The van der Waals surface area contributed by atoms with Crippen molar-refractivity contribution in [3.63, 3.8) is 0 Å². The molecule has 1 heterocycles. The van der Waals surface area contributed by atoms with Gasteiger partial charge in [-0.15, -0.1) is 0 Å². The Labute approximate surface area is 235 Å². The summed E-state index contributed by atoms with van der Waals surface area (Å²) >= 11 is 13.5. The second kappa shape index (κ2) is 11.5. The van der Waals surface area contributed by atoms with Crippen molar-refractivity contribution in [2.45, 2.75) is 44.6 Å². The Morgan fingerprint density at radius 1 is 1.11 bits per heavy atom. The molecule has 0 N–H and O–H groups in total. The number of aromatic nitrogens is 2. The molecule has 0 saturated heterocycles. The molecule has 1 aliphatic carbocycles. The molecular formula is C28H23Br2ClFN3O2. The van der Waals surface area contributed by atoms with E-state index in [0.717, 1.165) is 30.2 Å². The van der Waals surface area contributed by atoms with Gasteiger partial charge in [0.1, 0.15) is 18.2 Å². The monoisotopic (exact) mass is 645 g/mol. The Morgan fingerprint density at radius 3 is 2.68 bits per heavy atom. The number of rotatable bonds is 6. The Balaban J connectivity index is 1.47. The van der Waals surface area contributed by atoms with Crippen LogP contribution in [0.2, 0.25) is 5.02 Å². The highest BCUT2D eigenvalue weighted by atomic mass is 79.9. The van der Waals surface area contributed by atoms with Crippen LogP contribution in [0.25, 0.3) is 10.9 Å². The largest absolute Gasteiger partial charge is 0.486 e. The molecular weight excluding hydrogens is 625 g/mol. The minimum absolute atomic E-state index is 0.169. The standard InChI is InChI=1S/C28H23Br2ClFN3O2/c29-20-9-10-25-22(14-20)28(36)35(27(34-25)19-6-2-1-3-7-19)33-15-18-12-23(30)26(24(31)13-18)37-16-17-5-4-8-21(32)11-17/h4-5,8-15,19H,1-3,6-7,16H2. The highest BCUT2D eigenvalue weighted by Crippen LogP contribution is 2.35. The Hall–Kier alpha value is -2.55. The third-order valence-corrected chi connectivity index (χ3v) is 7.78. The molecule has 0 aliphatic heterocycles. The van der Waals surface area contributed by atoms with Crippen molar-refractivity contribution < 1.29 is 9.13 Å². The van der Waals surface area contributed by atoms with Crippen LogP contribution in [-0.2, 0) is 6.61 Å². The molecule has 0 unspecified atom stereocenters. The van der Waals surface area contributed by atoms with Crippen molar-refractivity contribution in [3.05, 3.63) is 102 Å². The number of fused-ring (bicyclic) bond motifs is 1. The fourth-order valence-electron chi connectivity index (χ4n) is 4.60. The molecule has 1 fully saturated rings. The molecule has 0 radical (unpaired) electrons. The van der Waals surface area contributed by atoms with Gasteiger partial charge >= 0.3 is 0 Å². The minimum atomic E-state index is -0.323. The number of nitrogens with zero attached hydrogens (tertiary/aromatic N) is 3. The van der Waals surface area contributed by atoms with Gasteiger partial charge < -0.3 is 4.74 Å². The van der Waals surface area contributed by atoms with Gasteiger partial charge in [-0.1, -0.05) is 58.9 Å². The van der Waals surface area contributed by atoms with E-state index in [1.54, 1.807) is 30.5 Å². The van der Waals surface area contributed by atoms with Crippen LogP contribution >= 0.6 is 43.5 Å². The lowest BCUT2D eigenvalue weighted by atomic mass is 9.88. The lowest BCUT2D eigenvalue weighted by Crippen LogP contribution is -2.25. The summed E-state index contributed by atoms with van der Waals surface area (Å²) in [4.78, 5) is 18.4. The van der Waals surface area contributed by atoms with Crippen molar-refractivity contribution in [1.82, 2.24) is 9.66 Å². The van der Waals surface area contributed by atoms with Crippen LogP contribution < -0.4 is 10.3 Å². The maximum atomic E-state index is 13.5. The van der Waals surface area contributed by atoms with Crippen molar-refractivity contribution in [1.29, 1.82) is 0 Å². The van der Waals surface area contributed by atoms with Crippen LogP contribution in [-0.4, -0.2) is 15.9 Å². The van der Waals surface area contributed by atoms with E-state index in [9.17, 15) is 9.18 Å². The fourth-order valence-corrected chi connectivity index (χ4v) is 5.95. The van der Waals surface area contributed by atoms with Crippen molar-refractivity contribution in [2.75, 3.05) is 0 Å². The van der Waals surface area contributed by atoms with E-state index in [1.165, 1.54) is 23.2 Å². The zero-order valence-electron chi connectivity index (χ0n) is 19.8. The van der Waals surface area contributed by atoms with Crippen LogP contribution in [0.15, 0.2) is 73.4 Å². The first-order valence-electron chi connectivity index (χ1n) is 12.0. The summed E-state index contributed by atoms with van der Waals surface area (Å²) in [6.45, 7) is 0.169. The van der Waals surface area contributed by atoms with Gasteiger partial charge in [-0.05, 0) is 82.4 Å². The molecule has 1 saturated carbocycles. The van der Waals surface area contributed by atoms with E-state index in [-0.39, 0.29) is 23.9 Å². The van der Waals surface area contributed by atoms with Gasteiger partial charge in [-0.3, -0.25) is 4.79 Å². The summed E-state index contributed by atoms with van der Waals surface area (Å²) in [5.41, 5.74) is 1.85. The topological polar surface area (TPSA) is 56.5 Å². The number of halogens is 4. The normalized spacial score (nSPS) is 14.5. The van der Waals surface area contributed by atoms with Crippen LogP contribution in [0.1, 0.15) is 55.0 Å². The molecule has 1 aromatic heterocycles. The Bertz CT molecular complexity index is 1530. The van der Waals surface area contributed by atoms with Gasteiger partial charge in [-0.2, -0.15) is 9.78 Å². The van der Waals surface area contributed by atoms with Crippen LogP contribution in [0, 0.1) is 5.82 Å². The van der Waals surface area contributed by atoms with Gasteiger partial charge in [0.05, 0.1) is 26.6 Å². The average molecular weight is 648 g/mol. The van der Waals surface area contributed by atoms with Crippen molar-refractivity contribution in [3.8, 4) is 5.75 Å². The summed E-state index contributed by atoms with van der Waals surface area (Å²) in [5, 5.41) is 5.46. The first kappa shape index (κ1) is 26.1. The minimum Gasteiger partial charge on any atom is -0.486 e. The molecule has 9 heteroatoms. The van der Waals surface area contributed by atoms with Crippen LogP contribution in [0.4, 0.5) is 4.39 Å². The fraction of sp³-hybridized carbons (Fsp3) is 0.250. The molecule has 0 amide bonds. The zero-order chi connectivity index (χ0) is 25.9. The van der Waals surface area contributed by atoms with E-state index in [4.69, 9.17) is 21.3 Å². The summed E-state index contributed by atoms with van der Waals surface area (Å²) in [6, 6.07) is 15.3. The Morgan fingerprint density at radius 2 is 1.92 bits per heavy atom. The summed E-state index contributed by atoms with van der Waals surface area (Å²) < 4.78 is 22.2. The highest BCUT2D eigenvalue weighted by molar-refractivity contribution is 9.10. The van der Waals surface area contributed by atoms with Crippen molar-refractivity contribution >= 4 is 60.6 Å². The van der Waals surface area contributed by atoms with Gasteiger partial charge in [0, 0.05) is 10.4 Å². The summed E-state index contributed by atoms with van der Waals surface area (Å²) in [5.74, 6) is 0.994. The van der Waals surface area contributed by atoms with Gasteiger partial charge in [-0.25, -0.2) is 9.37 Å². The third-order valence-electron chi connectivity index (χ3n) is 6.42. The maximum absolute atomic E-state index is 13.5. The molecule has 190 valence electrons. The van der Waals surface area contributed by atoms with Gasteiger partial charge in [0.25, 0.3) is 5.56 Å². The highest BCUT2D eigenvalue weighted by Gasteiger charge is 2.22. The van der Waals surface area contributed by atoms with Gasteiger partial charge in [0.15, 0.2) is 5.75 Å². The molecule has 0 spiro atoms. The van der Waals surface area contributed by atoms with Crippen molar-refractivity contribution in [2.24, 2.45) is 5.10 Å². The predicted octanol–water partition coefficient (Wildman–Crippen LogP) is 8.22. The maximum Gasteiger partial charge on any atom is 0.282 e. The molecule has 0 atom stereocenters. The van der Waals surface area contributed by atoms with E-state index >= 15 is 0 Å². The van der Waals surface area contributed by atoms with E-state index in [2.05, 4.69) is 37.0 Å². The lowest BCUT2D eigenvalue weighted by molar-refractivity contribution is 0.304. The molecule has 5 nitrogen and oxygen atoms in total. The number of benzene rings is 3. The third kappa shape index (κ3) is 5.97. The predicted molar refractivity (Wildman–Crippen MR) is 152 cm³/mol. The van der Waals surface area contributed by atoms with E-state index < -0.39 is 0 Å². The summed E-state index contributed by atoms with van der Waals surface area (Å²) in [6.07, 6.45) is 7.00. The van der Waals surface area contributed by atoms with E-state index in [0.29, 0.717) is 43.1 Å². The van der Waals surface area contributed by atoms with Crippen LogP contribution in [0.3, 0.4) is 0 Å². The molecule has 37 heavy (non-hydrogen) atoms. The lowest BCUT2D eigenvalue weighted by Gasteiger charge is -2.22. The molecule has 5 rings (SSSR count). The number of ether oxygens (including phenoxy) is 1. The quantitative estimate of drug-likeness (QED) is 0.198. The second-order valence-electron chi connectivity index (χ2n) is 9.06. The zero-order valence-corrected chi connectivity index (χ0v) is 23.7. The second-order valence-corrected chi connectivity index (χ2v) is 11.2. The number of hydrogen-bond donors (Lipinski definition) is 0. The number of hydrogen-bond acceptors (Lipinski definition) is 4. The first-order chi connectivity index (χ1) is 17.9. The molecule has 4 aromatic rings. The first-order valence-corrected chi connectivity index (χ1v) is 14.0. The van der Waals surface area contributed by atoms with E-state index in [1.807, 2.05) is 18.2 Å². The molecule has 0 bridgehead atoms.